The van der Waals surface area contributed by atoms with Crippen molar-refractivity contribution in [1.29, 1.82) is 0 Å². The van der Waals surface area contributed by atoms with Gasteiger partial charge in [-0.1, -0.05) is 19.9 Å². The van der Waals surface area contributed by atoms with Gasteiger partial charge >= 0.3 is 6.61 Å². The maximum absolute atomic E-state index is 13.4. The van der Waals surface area contributed by atoms with Gasteiger partial charge in [0, 0.05) is 17.9 Å². The Morgan fingerprint density at radius 3 is 2.53 bits per heavy atom. The van der Waals surface area contributed by atoms with Crippen molar-refractivity contribution in [3.8, 4) is 5.75 Å². The van der Waals surface area contributed by atoms with Gasteiger partial charge in [0.15, 0.2) is 0 Å². The van der Waals surface area contributed by atoms with Crippen LogP contribution in [0.15, 0.2) is 18.2 Å². The smallest absolute Gasteiger partial charge is 0.387 e. The van der Waals surface area contributed by atoms with Crippen LogP contribution in [0.25, 0.3) is 0 Å². The zero-order valence-electron chi connectivity index (χ0n) is 9.54. The van der Waals surface area contributed by atoms with Crippen LogP contribution in [0.3, 0.4) is 0 Å². The first-order valence-corrected chi connectivity index (χ1v) is 5.16. The fraction of sp³-hybridized carbons (Fsp3) is 0.417. The van der Waals surface area contributed by atoms with Crippen LogP contribution in [0, 0.1) is 11.7 Å². The molecule has 0 aromatic heterocycles. The molecule has 0 saturated heterocycles. The van der Waals surface area contributed by atoms with Crippen molar-refractivity contribution in [2.75, 3.05) is 0 Å². The van der Waals surface area contributed by atoms with Gasteiger partial charge in [0.25, 0.3) is 0 Å². The molecule has 0 unspecified atom stereocenters. The first kappa shape index (κ1) is 13.5. The highest BCUT2D eigenvalue weighted by atomic mass is 19.3. The van der Waals surface area contributed by atoms with Crippen LogP contribution in [0.2, 0.25) is 0 Å². The normalized spacial score (nSPS) is 11.0. The van der Waals surface area contributed by atoms with Crippen molar-refractivity contribution in [3.63, 3.8) is 0 Å². The summed E-state index contributed by atoms with van der Waals surface area (Å²) >= 11 is 0. The third kappa shape index (κ3) is 3.76. The lowest BCUT2D eigenvalue weighted by atomic mass is 10.00. The summed E-state index contributed by atoms with van der Waals surface area (Å²) in [5.74, 6) is -1.51. The van der Waals surface area contributed by atoms with Gasteiger partial charge < -0.3 is 4.74 Å². The van der Waals surface area contributed by atoms with E-state index in [1.807, 2.05) is 0 Å². The first-order valence-electron chi connectivity index (χ1n) is 5.16. The summed E-state index contributed by atoms with van der Waals surface area (Å²) < 4.78 is 41.8. The van der Waals surface area contributed by atoms with E-state index in [1.54, 1.807) is 13.8 Å². The molecule has 0 N–H and O–H groups in total. The zero-order valence-corrected chi connectivity index (χ0v) is 9.54. The van der Waals surface area contributed by atoms with Gasteiger partial charge in [0.2, 0.25) is 0 Å². The van der Waals surface area contributed by atoms with Gasteiger partial charge in [-0.15, -0.1) is 0 Å². The molecule has 0 fully saturated rings. The molecule has 1 aromatic rings. The predicted octanol–water partition coefficient (Wildman–Crippen LogP) is 3.19. The minimum Gasteiger partial charge on any atom is -0.434 e. The van der Waals surface area contributed by atoms with Crippen molar-refractivity contribution in [1.82, 2.24) is 0 Å². The highest BCUT2D eigenvalue weighted by Crippen LogP contribution is 2.24. The van der Waals surface area contributed by atoms with Crippen molar-refractivity contribution in [2.45, 2.75) is 26.9 Å². The number of carbonyl (C=O) groups is 1. The molecule has 0 heterocycles. The number of halogens is 3. The summed E-state index contributed by atoms with van der Waals surface area (Å²) in [6.45, 7) is 0.290. The lowest BCUT2D eigenvalue weighted by Gasteiger charge is -2.11. The Morgan fingerprint density at radius 2 is 2.00 bits per heavy atom. The molecular weight excluding hydrogens is 233 g/mol. The van der Waals surface area contributed by atoms with Crippen LogP contribution in [0.1, 0.15) is 19.4 Å². The molecule has 0 aliphatic carbocycles. The van der Waals surface area contributed by atoms with Gasteiger partial charge in [-0.25, -0.2) is 4.39 Å². The summed E-state index contributed by atoms with van der Waals surface area (Å²) in [5.41, 5.74) is -0.119. The fourth-order valence-electron chi connectivity index (χ4n) is 1.30. The van der Waals surface area contributed by atoms with Crippen molar-refractivity contribution in [3.05, 3.63) is 29.6 Å². The molecule has 1 rings (SSSR count). The molecule has 94 valence electrons. The maximum atomic E-state index is 13.4. The summed E-state index contributed by atoms with van der Waals surface area (Å²) in [4.78, 5) is 11.5. The second-order valence-corrected chi connectivity index (χ2v) is 3.89. The quantitative estimate of drug-likeness (QED) is 0.797. The van der Waals surface area contributed by atoms with Gasteiger partial charge in [-0.3, -0.25) is 4.79 Å². The van der Waals surface area contributed by atoms with Crippen LogP contribution in [-0.2, 0) is 11.2 Å². The van der Waals surface area contributed by atoms with Crippen LogP contribution in [0.4, 0.5) is 13.2 Å². The van der Waals surface area contributed by atoms with E-state index in [1.165, 1.54) is 12.1 Å². The second kappa shape index (κ2) is 5.70. The average molecular weight is 246 g/mol. The van der Waals surface area contributed by atoms with E-state index < -0.39 is 12.4 Å². The summed E-state index contributed by atoms with van der Waals surface area (Å²) in [7, 11) is 0. The topological polar surface area (TPSA) is 26.3 Å². The van der Waals surface area contributed by atoms with E-state index in [0.717, 1.165) is 6.07 Å². The van der Waals surface area contributed by atoms with Crippen molar-refractivity contribution < 1.29 is 22.7 Å². The number of hydrogen-bond donors (Lipinski definition) is 0. The lowest BCUT2D eigenvalue weighted by molar-refractivity contribution is -0.121. The molecule has 5 heteroatoms. The molecule has 2 nitrogen and oxygen atoms in total. The number of carbonyl (C=O) groups excluding carboxylic acids is 1. The molecule has 0 bridgehead atoms. The Labute approximate surface area is 97.4 Å². The molecule has 0 radical (unpaired) electrons. The minimum atomic E-state index is -3.04. The van der Waals surface area contributed by atoms with E-state index in [2.05, 4.69) is 4.74 Å². The zero-order chi connectivity index (χ0) is 13.0. The van der Waals surface area contributed by atoms with Gasteiger partial charge in [0.05, 0.1) is 0 Å². The van der Waals surface area contributed by atoms with Crippen molar-refractivity contribution in [2.24, 2.45) is 5.92 Å². The summed E-state index contributed by atoms with van der Waals surface area (Å²) in [5, 5.41) is 0. The molecule has 0 aliphatic heterocycles. The van der Waals surface area contributed by atoms with Crippen LogP contribution >= 0.6 is 0 Å². The SMILES string of the molecule is CC(C)C(=O)Cc1c(F)cccc1OC(F)F. The van der Waals surface area contributed by atoms with E-state index in [-0.39, 0.29) is 29.4 Å². The fourth-order valence-corrected chi connectivity index (χ4v) is 1.30. The Hall–Kier alpha value is -1.52. The van der Waals surface area contributed by atoms with Crippen molar-refractivity contribution >= 4 is 5.78 Å². The van der Waals surface area contributed by atoms with E-state index in [9.17, 15) is 18.0 Å². The van der Waals surface area contributed by atoms with E-state index >= 15 is 0 Å². The van der Waals surface area contributed by atoms with Gasteiger partial charge in [-0.2, -0.15) is 8.78 Å². The van der Waals surface area contributed by atoms with Gasteiger partial charge in [0.1, 0.15) is 17.3 Å². The monoisotopic (exact) mass is 246 g/mol. The highest BCUT2D eigenvalue weighted by Gasteiger charge is 2.18. The number of alkyl halides is 2. The third-order valence-electron chi connectivity index (χ3n) is 2.29. The molecule has 1 aromatic carbocycles. The predicted molar refractivity (Wildman–Crippen MR) is 56.6 cm³/mol. The number of ether oxygens (including phenoxy) is 1. The van der Waals surface area contributed by atoms with Crippen LogP contribution in [0.5, 0.6) is 5.75 Å². The number of hydrogen-bond acceptors (Lipinski definition) is 2. The van der Waals surface area contributed by atoms with E-state index in [4.69, 9.17) is 0 Å². The molecule has 0 saturated carbocycles. The van der Waals surface area contributed by atoms with E-state index in [0.29, 0.717) is 0 Å². The Kier molecular flexibility index (Phi) is 4.54. The highest BCUT2D eigenvalue weighted by molar-refractivity contribution is 5.83. The number of ketones is 1. The van der Waals surface area contributed by atoms with Gasteiger partial charge in [-0.05, 0) is 12.1 Å². The molecule has 17 heavy (non-hydrogen) atoms. The summed E-state index contributed by atoms with van der Waals surface area (Å²) in [6, 6.07) is 3.59. The second-order valence-electron chi connectivity index (χ2n) is 3.89. The molecular formula is C12H13F3O2. The third-order valence-corrected chi connectivity index (χ3v) is 2.29. The maximum Gasteiger partial charge on any atom is 0.387 e. The standard InChI is InChI=1S/C12H13F3O2/c1-7(2)10(16)6-8-9(13)4-3-5-11(8)17-12(14)15/h3-5,7,12H,6H2,1-2H3. The number of rotatable bonds is 5. The largest absolute Gasteiger partial charge is 0.434 e. The number of benzene rings is 1. The summed E-state index contributed by atoms with van der Waals surface area (Å²) in [6.07, 6.45) is -0.244. The average Bonchev–Trinajstić information content (AvgIpc) is 2.22. The Bertz CT molecular complexity index is 403. The van der Waals surface area contributed by atoms with Crippen LogP contribution in [-0.4, -0.2) is 12.4 Å². The molecule has 0 amide bonds. The first-order chi connectivity index (χ1) is 7.91. The molecule has 0 atom stereocenters. The Morgan fingerprint density at radius 1 is 1.35 bits per heavy atom. The number of Topliss-reactive ketones (excluding diaryl/α,β-unsaturated/α-hetero) is 1. The minimum absolute atomic E-state index is 0.119. The van der Waals surface area contributed by atoms with Crippen LogP contribution < -0.4 is 4.74 Å². The molecule has 0 spiro atoms. The lowest BCUT2D eigenvalue weighted by Crippen LogP contribution is -2.13. The Balaban J connectivity index is 2.99. The molecule has 0 aliphatic rings.